The maximum Gasteiger partial charge on any atom is 0.0685 e. The minimum Gasteiger partial charge on any atom is -0.265 e. The van der Waals surface area contributed by atoms with Crippen molar-refractivity contribution in [1.82, 2.24) is 9.78 Å². The third kappa shape index (κ3) is 1.31. The fraction of sp³-hybridized carbons (Fsp3) is 0.417. The predicted molar refractivity (Wildman–Crippen MR) is 59.5 cm³/mol. The smallest absolute Gasteiger partial charge is 0.0685 e. The van der Waals surface area contributed by atoms with Crippen molar-refractivity contribution in [2.24, 2.45) is 0 Å². The molecule has 0 unspecified atom stereocenters. The summed E-state index contributed by atoms with van der Waals surface area (Å²) in [4.78, 5) is 0. The molecule has 0 saturated carbocycles. The SMILES string of the molecule is CCn1ncc2c(C(C)C)cccc21. The molecular weight excluding hydrogens is 172 g/mol. The van der Waals surface area contributed by atoms with Crippen molar-refractivity contribution in [1.29, 1.82) is 0 Å². The van der Waals surface area contributed by atoms with Crippen LogP contribution in [-0.2, 0) is 6.54 Å². The number of fused-ring (bicyclic) bond motifs is 1. The van der Waals surface area contributed by atoms with Gasteiger partial charge in [0.25, 0.3) is 0 Å². The van der Waals surface area contributed by atoms with Crippen molar-refractivity contribution in [3.8, 4) is 0 Å². The number of nitrogens with zero attached hydrogens (tertiary/aromatic N) is 2. The second-order valence-electron chi connectivity index (χ2n) is 3.90. The highest BCUT2D eigenvalue weighted by atomic mass is 15.3. The van der Waals surface area contributed by atoms with Crippen LogP contribution >= 0.6 is 0 Å². The quantitative estimate of drug-likeness (QED) is 0.707. The molecule has 2 rings (SSSR count). The number of benzene rings is 1. The van der Waals surface area contributed by atoms with Gasteiger partial charge in [0.1, 0.15) is 0 Å². The molecule has 0 bridgehead atoms. The van der Waals surface area contributed by atoms with Gasteiger partial charge in [-0.05, 0) is 24.5 Å². The Hall–Kier alpha value is -1.31. The number of hydrogen-bond acceptors (Lipinski definition) is 1. The molecule has 1 aromatic heterocycles. The molecule has 0 N–H and O–H groups in total. The fourth-order valence-corrected chi connectivity index (χ4v) is 1.88. The highest BCUT2D eigenvalue weighted by molar-refractivity contribution is 5.82. The van der Waals surface area contributed by atoms with Gasteiger partial charge in [-0.3, -0.25) is 4.68 Å². The van der Waals surface area contributed by atoms with Crippen LogP contribution in [0.4, 0.5) is 0 Å². The number of aryl methyl sites for hydroxylation is 1. The maximum absolute atomic E-state index is 4.37. The van der Waals surface area contributed by atoms with Crippen LogP contribution in [0.3, 0.4) is 0 Å². The number of hydrogen-bond donors (Lipinski definition) is 0. The zero-order valence-electron chi connectivity index (χ0n) is 8.99. The van der Waals surface area contributed by atoms with E-state index in [0.717, 1.165) is 6.54 Å². The second kappa shape index (κ2) is 3.45. The van der Waals surface area contributed by atoms with Gasteiger partial charge in [-0.15, -0.1) is 0 Å². The van der Waals surface area contributed by atoms with Crippen LogP contribution in [0.5, 0.6) is 0 Å². The summed E-state index contributed by atoms with van der Waals surface area (Å²) in [6, 6.07) is 6.44. The summed E-state index contributed by atoms with van der Waals surface area (Å²) in [5.74, 6) is 0.563. The van der Waals surface area contributed by atoms with E-state index in [1.54, 1.807) is 0 Å². The van der Waals surface area contributed by atoms with Gasteiger partial charge >= 0.3 is 0 Å². The van der Waals surface area contributed by atoms with Gasteiger partial charge in [0, 0.05) is 11.9 Å². The topological polar surface area (TPSA) is 17.8 Å². The molecule has 1 heterocycles. The summed E-state index contributed by atoms with van der Waals surface area (Å²) in [7, 11) is 0. The lowest BCUT2D eigenvalue weighted by molar-refractivity contribution is 0.684. The molecule has 0 atom stereocenters. The third-order valence-electron chi connectivity index (χ3n) is 2.64. The lowest BCUT2D eigenvalue weighted by Crippen LogP contribution is -1.95. The molecule has 0 saturated heterocycles. The molecule has 14 heavy (non-hydrogen) atoms. The summed E-state index contributed by atoms with van der Waals surface area (Å²) < 4.78 is 2.04. The van der Waals surface area contributed by atoms with Crippen molar-refractivity contribution in [3.63, 3.8) is 0 Å². The normalized spacial score (nSPS) is 11.4. The van der Waals surface area contributed by atoms with Gasteiger partial charge in [0.15, 0.2) is 0 Å². The van der Waals surface area contributed by atoms with Gasteiger partial charge < -0.3 is 0 Å². The van der Waals surface area contributed by atoms with Crippen molar-refractivity contribution >= 4 is 10.9 Å². The van der Waals surface area contributed by atoms with E-state index < -0.39 is 0 Å². The van der Waals surface area contributed by atoms with Gasteiger partial charge in [0.05, 0.1) is 11.7 Å². The molecule has 0 spiro atoms. The fourth-order valence-electron chi connectivity index (χ4n) is 1.88. The number of rotatable bonds is 2. The van der Waals surface area contributed by atoms with Crippen LogP contribution in [0.25, 0.3) is 10.9 Å². The number of aromatic nitrogens is 2. The Morgan fingerprint density at radius 1 is 1.36 bits per heavy atom. The van der Waals surface area contributed by atoms with E-state index in [0.29, 0.717) is 5.92 Å². The van der Waals surface area contributed by atoms with Crippen LogP contribution in [-0.4, -0.2) is 9.78 Å². The second-order valence-corrected chi connectivity index (χ2v) is 3.90. The molecule has 2 nitrogen and oxygen atoms in total. The summed E-state index contributed by atoms with van der Waals surface area (Å²) in [6.45, 7) is 7.50. The molecule has 2 heteroatoms. The Morgan fingerprint density at radius 3 is 2.79 bits per heavy atom. The van der Waals surface area contributed by atoms with Gasteiger partial charge in [-0.2, -0.15) is 5.10 Å². The summed E-state index contributed by atoms with van der Waals surface area (Å²) in [6.07, 6.45) is 1.98. The molecule has 0 fully saturated rings. The molecule has 0 amide bonds. The van der Waals surface area contributed by atoms with Crippen LogP contribution in [0, 0.1) is 0 Å². The Morgan fingerprint density at radius 2 is 2.14 bits per heavy atom. The Balaban J connectivity index is 2.70. The lowest BCUT2D eigenvalue weighted by Gasteiger charge is -2.06. The van der Waals surface area contributed by atoms with E-state index >= 15 is 0 Å². The molecule has 0 aliphatic rings. The summed E-state index contributed by atoms with van der Waals surface area (Å²) in [5.41, 5.74) is 2.64. The first-order valence-electron chi connectivity index (χ1n) is 5.18. The molecule has 0 radical (unpaired) electrons. The minimum absolute atomic E-state index is 0.563. The first-order valence-corrected chi connectivity index (χ1v) is 5.18. The standard InChI is InChI=1S/C12H16N2/c1-4-14-12-7-5-6-10(9(2)3)11(12)8-13-14/h5-9H,4H2,1-3H3. The minimum atomic E-state index is 0.563. The van der Waals surface area contributed by atoms with Gasteiger partial charge in [0.2, 0.25) is 0 Å². The van der Waals surface area contributed by atoms with Crippen molar-refractivity contribution < 1.29 is 0 Å². The Kier molecular flexibility index (Phi) is 2.28. The molecular formula is C12H16N2. The molecule has 1 aromatic carbocycles. The zero-order chi connectivity index (χ0) is 10.1. The Labute approximate surface area is 84.5 Å². The monoisotopic (exact) mass is 188 g/mol. The van der Waals surface area contributed by atoms with E-state index in [9.17, 15) is 0 Å². The Bertz CT molecular complexity index is 441. The average molecular weight is 188 g/mol. The predicted octanol–water partition coefficient (Wildman–Crippen LogP) is 3.18. The van der Waals surface area contributed by atoms with Crippen molar-refractivity contribution in [3.05, 3.63) is 30.0 Å². The molecule has 74 valence electrons. The van der Waals surface area contributed by atoms with Crippen LogP contribution in [0.2, 0.25) is 0 Å². The van der Waals surface area contributed by atoms with Crippen molar-refractivity contribution in [2.75, 3.05) is 0 Å². The first kappa shape index (κ1) is 9.25. The van der Waals surface area contributed by atoms with E-state index in [4.69, 9.17) is 0 Å². The third-order valence-corrected chi connectivity index (χ3v) is 2.64. The van der Waals surface area contributed by atoms with E-state index in [1.807, 2.05) is 10.9 Å². The van der Waals surface area contributed by atoms with E-state index in [1.165, 1.54) is 16.5 Å². The van der Waals surface area contributed by atoms with E-state index in [-0.39, 0.29) is 0 Å². The largest absolute Gasteiger partial charge is 0.265 e. The van der Waals surface area contributed by atoms with Gasteiger partial charge in [-0.1, -0.05) is 26.0 Å². The van der Waals surface area contributed by atoms with Crippen LogP contribution in [0.15, 0.2) is 24.4 Å². The van der Waals surface area contributed by atoms with E-state index in [2.05, 4.69) is 44.1 Å². The first-order chi connectivity index (χ1) is 6.74. The lowest BCUT2D eigenvalue weighted by atomic mass is 10.00. The average Bonchev–Trinajstić information content (AvgIpc) is 2.59. The highest BCUT2D eigenvalue weighted by Crippen LogP contribution is 2.24. The highest BCUT2D eigenvalue weighted by Gasteiger charge is 2.07. The maximum atomic E-state index is 4.37. The zero-order valence-corrected chi connectivity index (χ0v) is 8.99. The summed E-state index contributed by atoms with van der Waals surface area (Å²) in [5, 5.41) is 5.67. The molecule has 2 aromatic rings. The van der Waals surface area contributed by atoms with Gasteiger partial charge in [-0.25, -0.2) is 0 Å². The van der Waals surface area contributed by atoms with Crippen molar-refractivity contribution in [2.45, 2.75) is 33.2 Å². The molecule has 0 aliphatic carbocycles. The molecule has 0 aliphatic heterocycles. The van der Waals surface area contributed by atoms with Crippen LogP contribution < -0.4 is 0 Å². The summed E-state index contributed by atoms with van der Waals surface area (Å²) >= 11 is 0. The van der Waals surface area contributed by atoms with Crippen LogP contribution in [0.1, 0.15) is 32.3 Å².